The maximum atomic E-state index is 5.94. The molecule has 1 fully saturated rings. The summed E-state index contributed by atoms with van der Waals surface area (Å²) in [6.07, 6.45) is 1.95. The third kappa shape index (κ3) is 6.13. The molecule has 6 nitrogen and oxygen atoms in total. The van der Waals surface area contributed by atoms with Gasteiger partial charge in [0.15, 0.2) is 5.96 Å². The smallest absolute Gasteiger partial charge is 0.193 e. The Hall–Kier alpha value is -2.73. The van der Waals surface area contributed by atoms with Crippen LogP contribution in [0.3, 0.4) is 0 Å². The minimum atomic E-state index is 0.533. The third-order valence-corrected chi connectivity index (χ3v) is 5.43. The summed E-state index contributed by atoms with van der Waals surface area (Å²) in [5.41, 5.74) is 2.34. The molecule has 2 aromatic carbocycles. The van der Waals surface area contributed by atoms with Crippen LogP contribution >= 0.6 is 0 Å². The van der Waals surface area contributed by atoms with Crippen LogP contribution in [0.4, 0.5) is 0 Å². The second-order valence-corrected chi connectivity index (χ2v) is 7.50. The lowest BCUT2D eigenvalue weighted by molar-refractivity contribution is 0.0907. The van der Waals surface area contributed by atoms with E-state index < -0.39 is 0 Å². The van der Waals surface area contributed by atoms with Gasteiger partial charge in [0.25, 0.3) is 0 Å². The lowest BCUT2D eigenvalue weighted by atomic mass is 10.1. The predicted molar refractivity (Wildman–Crippen MR) is 120 cm³/mol. The average Bonchev–Trinajstić information content (AvgIpc) is 3.26. The molecule has 1 aliphatic rings. The van der Waals surface area contributed by atoms with Crippen molar-refractivity contribution in [3.05, 3.63) is 59.7 Å². The van der Waals surface area contributed by atoms with Crippen LogP contribution in [0, 0.1) is 5.92 Å². The van der Waals surface area contributed by atoms with Crippen LogP contribution in [-0.2, 0) is 17.8 Å². The molecule has 162 valence electrons. The summed E-state index contributed by atoms with van der Waals surface area (Å²) in [7, 11) is 5.22. The third-order valence-electron chi connectivity index (χ3n) is 5.43. The number of hydrogen-bond donors (Lipinski definition) is 1. The lowest BCUT2D eigenvalue weighted by Crippen LogP contribution is -2.41. The van der Waals surface area contributed by atoms with Crippen molar-refractivity contribution in [1.29, 1.82) is 0 Å². The van der Waals surface area contributed by atoms with Crippen LogP contribution in [-0.4, -0.2) is 58.4 Å². The van der Waals surface area contributed by atoms with Gasteiger partial charge in [-0.05, 0) is 42.2 Å². The van der Waals surface area contributed by atoms with Crippen LogP contribution in [0.15, 0.2) is 53.5 Å². The number of methoxy groups -OCH3 is 2. The second-order valence-electron chi connectivity index (χ2n) is 7.50. The maximum Gasteiger partial charge on any atom is 0.193 e. The molecule has 30 heavy (non-hydrogen) atoms. The van der Waals surface area contributed by atoms with Gasteiger partial charge in [-0.15, -0.1) is 0 Å². The van der Waals surface area contributed by atoms with E-state index in [1.165, 1.54) is 5.56 Å². The number of hydrogen-bond acceptors (Lipinski definition) is 4. The summed E-state index contributed by atoms with van der Waals surface area (Å²) in [5, 5.41) is 3.49. The van der Waals surface area contributed by atoms with Crippen LogP contribution in [0.2, 0.25) is 0 Å². The molecule has 3 rings (SSSR count). The summed E-state index contributed by atoms with van der Waals surface area (Å²) < 4.78 is 16.7. The Labute approximate surface area is 179 Å². The fourth-order valence-corrected chi connectivity index (χ4v) is 3.80. The van der Waals surface area contributed by atoms with E-state index in [1.54, 1.807) is 14.2 Å². The summed E-state index contributed by atoms with van der Waals surface area (Å²) >= 11 is 0. The van der Waals surface area contributed by atoms with E-state index in [4.69, 9.17) is 14.2 Å². The highest BCUT2D eigenvalue weighted by Gasteiger charge is 2.25. The Morgan fingerprint density at radius 2 is 1.97 bits per heavy atom. The van der Waals surface area contributed by atoms with E-state index in [0.29, 0.717) is 12.5 Å². The molecule has 0 radical (unpaired) electrons. The second kappa shape index (κ2) is 11.5. The Balaban J connectivity index is 1.43. The van der Waals surface area contributed by atoms with Crippen molar-refractivity contribution in [3.8, 4) is 11.5 Å². The molecule has 1 saturated heterocycles. The van der Waals surface area contributed by atoms with Gasteiger partial charge in [0.2, 0.25) is 0 Å². The zero-order valence-electron chi connectivity index (χ0n) is 18.3. The first-order valence-corrected chi connectivity index (χ1v) is 10.5. The summed E-state index contributed by atoms with van der Waals surface area (Å²) in [5.74, 6) is 3.20. The number of guanidine groups is 1. The van der Waals surface area contributed by atoms with Gasteiger partial charge in [-0.1, -0.05) is 30.3 Å². The van der Waals surface area contributed by atoms with E-state index in [1.807, 2.05) is 43.4 Å². The standard InChI is InChI=1S/C24H33N3O3/c1-25-24(26-13-11-21-15-22(28-2)9-10-23(21)29-3)27-14-12-20(16-27)18-30-17-19-7-5-4-6-8-19/h4-10,15,20H,11-14,16-18H2,1-3H3,(H,25,26). The highest BCUT2D eigenvalue weighted by molar-refractivity contribution is 5.80. The lowest BCUT2D eigenvalue weighted by Gasteiger charge is -2.22. The molecule has 2 aromatic rings. The van der Waals surface area contributed by atoms with Gasteiger partial charge in [-0.3, -0.25) is 4.99 Å². The van der Waals surface area contributed by atoms with Crippen molar-refractivity contribution >= 4 is 5.96 Å². The molecule has 0 amide bonds. The van der Waals surface area contributed by atoms with Gasteiger partial charge < -0.3 is 24.4 Å². The van der Waals surface area contributed by atoms with E-state index in [9.17, 15) is 0 Å². The number of ether oxygens (including phenoxy) is 3. The highest BCUT2D eigenvalue weighted by Crippen LogP contribution is 2.24. The summed E-state index contributed by atoms with van der Waals surface area (Å²) in [6, 6.07) is 16.2. The van der Waals surface area contributed by atoms with Crippen LogP contribution < -0.4 is 14.8 Å². The number of likely N-dealkylation sites (tertiary alicyclic amines) is 1. The van der Waals surface area contributed by atoms with Gasteiger partial charge in [0.05, 0.1) is 27.4 Å². The van der Waals surface area contributed by atoms with Crippen molar-refractivity contribution in [2.75, 3.05) is 47.5 Å². The molecule has 1 N–H and O–H groups in total. The van der Waals surface area contributed by atoms with Crippen molar-refractivity contribution in [2.24, 2.45) is 10.9 Å². The largest absolute Gasteiger partial charge is 0.497 e. The van der Waals surface area contributed by atoms with Gasteiger partial charge in [-0.25, -0.2) is 0 Å². The predicted octanol–water partition coefficient (Wildman–Crippen LogP) is 3.36. The number of aliphatic imine (C=N–C) groups is 1. The zero-order valence-corrected chi connectivity index (χ0v) is 18.3. The van der Waals surface area contributed by atoms with E-state index in [0.717, 1.165) is 62.1 Å². The molecule has 0 spiro atoms. The van der Waals surface area contributed by atoms with E-state index >= 15 is 0 Å². The number of nitrogens with zero attached hydrogens (tertiary/aromatic N) is 2. The van der Waals surface area contributed by atoms with Gasteiger partial charge >= 0.3 is 0 Å². The first kappa shape index (κ1) is 22.0. The maximum absolute atomic E-state index is 5.94. The van der Waals surface area contributed by atoms with Crippen molar-refractivity contribution in [1.82, 2.24) is 10.2 Å². The normalized spacial score (nSPS) is 16.6. The monoisotopic (exact) mass is 411 g/mol. The van der Waals surface area contributed by atoms with Crippen LogP contribution in [0.1, 0.15) is 17.5 Å². The fourth-order valence-electron chi connectivity index (χ4n) is 3.80. The molecule has 0 aromatic heterocycles. The number of nitrogens with one attached hydrogen (secondary N) is 1. The first-order valence-electron chi connectivity index (χ1n) is 10.5. The molecular weight excluding hydrogens is 378 g/mol. The van der Waals surface area contributed by atoms with Crippen LogP contribution in [0.25, 0.3) is 0 Å². The molecule has 1 atom stereocenters. The molecule has 1 aliphatic heterocycles. The topological polar surface area (TPSA) is 55.3 Å². The summed E-state index contributed by atoms with van der Waals surface area (Å²) in [6.45, 7) is 4.20. The molecule has 6 heteroatoms. The molecule has 0 aliphatic carbocycles. The fraction of sp³-hybridized carbons (Fsp3) is 0.458. The zero-order chi connectivity index (χ0) is 21.2. The Morgan fingerprint density at radius 3 is 2.70 bits per heavy atom. The van der Waals surface area contributed by atoms with Crippen molar-refractivity contribution in [3.63, 3.8) is 0 Å². The van der Waals surface area contributed by atoms with E-state index in [-0.39, 0.29) is 0 Å². The molecule has 0 bridgehead atoms. The number of rotatable bonds is 9. The minimum Gasteiger partial charge on any atom is -0.497 e. The highest BCUT2D eigenvalue weighted by atomic mass is 16.5. The van der Waals surface area contributed by atoms with Gasteiger partial charge in [0, 0.05) is 32.6 Å². The Kier molecular flexibility index (Phi) is 8.39. The summed E-state index contributed by atoms with van der Waals surface area (Å²) in [4.78, 5) is 6.79. The van der Waals surface area contributed by atoms with Gasteiger partial charge in [0.1, 0.15) is 11.5 Å². The van der Waals surface area contributed by atoms with Crippen molar-refractivity contribution < 1.29 is 14.2 Å². The van der Waals surface area contributed by atoms with Crippen molar-refractivity contribution in [2.45, 2.75) is 19.4 Å². The first-order chi connectivity index (χ1) is 14.7. The molecular formula is C24H33N3O3. The molecule has 1 heterocycles. The van der Waals surface area contributed by atoms with Gasteiger partial charge in [-0.2, -0.15) is 0 Å². The molecule has 1 unspecified atom stereocenters. The molecule has 0 saturated carbocycles. The van der Waals surface area contributed by atoms with Crippen LogP contribution in [0.5, 0.6) is 11.5 Å². The number of benzene rings is 2. The minimum absolute atomic E-state index is 0.533. The SMILES string of the molecule is CN=C(NCCc1cc(OC)ccc1OC)N1CCC(COCc2ccccc2)C1. The quantitative estimate of drug-likeness (QED) is 0.507. The Bertz CT molecular complexity index is 811. The van der Waals surface area contributed by atoms with E-state index in [2.05, 4.69) is 27.3 Å². The Morgan fingerprint density at radius 1 is 1.13 bits per heavy atom. The average molecular weight is 412 g/mol.